The van der Waals surface area contributed by atoms with Crippen LogP contribution in [0.4, 0.5) is 0 Å². The van der Waals surface area contributed by atoms with E-state index >= 15 is 0 Å². The molecule has 0 unspecified atom stereocenters. The summed E-state index contributed by atoms with van der Waals surface area (Å²) in [6.07, 6.45) is 0.200. The van der Waals surface area contributed by atoms with Gasteiger partial charge >= 0.3 is 0 Å². The molecule has 2 amide bonds. The van der Waals surface area contributed by atoms with Gasteiger partial charge in [-0.1, -0.05) is 13.8 Å². The van der Waals surface area contributed by atoms with Gasteiger partial charge < -0.3 is 15.5 Å². The maximum absolute atomic E-state index is 11.9. The van der Waals surface area contributed by atoms with E-state index in [1.807, 2.05) is 11.9 Å². The predicted octanol–water partition coefficient (Wildman–Crippen LogP) is -0.338. The van der Waals surface area contributed by atoms with Crippen molar-refractivity contribution < 1.29 is 9.59 Å². The second kappa shape index (κ2) is 4.82. The molecule has 0 saturated carbocycles. The highest BCUT2D eigenvalue weighted by atomic mass is 16.2. The van der Waals surface area contributed by atoms with E-state index in [2.05, 4.69) is 4.90 Å². The molecule has 0 aromatic carbocycles. The Kier molecular flexibility index (Phi) is 3.91. The number of primary amides is 1. The van der Waals surface area contributed by atoms with Crippen LogP contribution in [0.5, 0.6) is 0 Å². The molecular weight excluding hydrogens is 206 g/mol. The Hall–Kier alpha value is -1.10. The van der Waals surface area contributed by atoms with Crippen LogP contribution < -0.4 is 5.73 Å². The largest absolute Gasteiger partial charge is 0.369 e. The molecule has 0 aromatic heterocycles. The molecule has 0 spiro atoms. The molecule has 0 atom stereocenters. The maximum atomic E-state index is 11.9. The normalized spacial score (nSPS) is 18.6. The van der Waals surface area contributed by atoms with Gasteiger partial charge in [0.25, 0.3) is 0 Å². The van der Waals surface area contributed by atoms with E-state index in [0.717, 1.165) is 26.2 Å². The summed E-state index contributed by atoms with van der Waals surface area (Å²) >= 11 is 0. The molecule has 0 aromatic rings. The molecule has 1 rings (SSSR count). The molecule has 16 heavy (non-hydrogen) atoms. The second-order valence-corrected chi connectivity index (χ2v) is 5.11. The molecule has 1 saturated heterocycles. The van der Waals surface area contributed by atoms with E-state index in [9.17, 15) is 9.59 Å². The van der Waals surface area contributed by atoms with Crippen LogP contribution in [-0.2, 0) is 9.59 Å². The molecule has 5 nitrogen and oxygen atoms in total. The van der Waals surface area contributed by atoms with E-state index in [1.165, 1.54) is 0 Å². The lowest BCUT2D eigenvalue weighted by Crippen LogP contribution is -2.48. The van der Waals surface area contributed by atoms with Crippen molar-refractivity contribution in [2.45, 2.75) is 20.3 Å². The second-order valence-electron chi connectivity index (χ2n) is 5.11. The van der Waals surface area contributed by atoms with Gasteiger partial charge in [0.15, 0.2) is 0 Å². The average Bonchev–Trinajstić information content (AvgIpc) is 2.17. The Morgan fingerprint density at radius 3 is 2.12 bits per heavy atom. The first-order chi connectivity index (χ1) is 7.33. The van der Waals surface area contributed by atoms with Gasteiger partial charge in [-0.2, -0.15) is 0 Å². The van der Waals surface area contributed by atoms with Gasteiger partial charge in [-0.25, -0.2) is 0 Å². The van der Waals surface area contributed by atoms with Crippen LogP contribution in [0.3, 0.4) is 0 Å². The van der Waals surface area contributed by atoms with Crippen molar-refractivity contribution in [3.63, 3.8) is 0 Å². The Labute approximate surface area is 96.6 Å². The van der Waals surface area contributed by atoms with Crippen molar-refractivity contribution in [2.75, 3.05) is 33.2 Å². The third-order valence-corrected chi connectivity index (χ3v) is 3.12. The summed E-state index contributed by atoms with van der Waals surface area (Å²) in [5.41, 5.74) is 4.50. The van der Waals surface area contributed by atoms with Crippen molar-refractivity contribution in [3.05, 3.63) is 0 Å². The Balaban J connectivity index is 2.50. The standard InChI is InChI=1S/C11H21N3O2/c1-11(2,10(12)16)8-9(15)14-6-4-13(3)5-7-14/h4-8H2,1-3H3,(H2,12,16). The lowest BCUT2D eigenvalue weighted by atomic mass is 9.88. The van der Waals surface area contributed by atoms with Gasteiger partial charge in [0.1, 0.15) is 0 Å². The van der Waals surface area contributed by atoms with E-state index in [4.69, 9.17) is 5.73 Å². The van der Waals surface area contributed by atoms with Gasteiger partial charge in [0, 0.05) is 32.6 Å². The number of carbonyl (C=O) groups excluding carboxylic acids is 2. The minimum absolute atomic E-state index is 0.0249. The van der Waals surface area contributed by atoms with Crippen LogP contribution in [0.15, 0.2) is 0 Å². The average molecular weight is 227 g/mol. The number of piperazine rings is 1. The molecule has 2 N–H and O–H groups in total. The number of carbonyl (C=O) groups is 2. The number of likely N-dealkylation sites (N-methyl/N-ethyl adjacent to an activating group) is 1. The van der Waals surface area contributed by atoms with E-state index in [0.29, 0.717) is 0 Å². The topological polar surface area (TPSA) is 66.6 Å². The fourth-order valence-corrected chi connectivity index (χ4v) is 1.63. The zero-order chi connectivity index (χ0) is 12.3. The summed E-state index contributed by atoms with van der Waals surface area (Å²) in [6, 6.07) is 0. The Morgan fingerprint density at radius 1 is 1.19 bits per heavy atom. The van der Waals surface area contributed by atoms with Crippen molar-refractivity contribution >= 4 is 11.8 Å². The molecule has 1 aliphatic rings. The highest BCUT2D eigenvalue weighted by Crippen LogP contribution is 2.21. The lowest BCUT2D eigenvalue weighted by Gasteiger charge is -2.34. The van der Waals surface area contributed by atoms with Crippen LogP contribution in [0.2, 0.25) is 0 Å². The SMILES string of the molecule is CN1CCN(C(=O)CC(C)(C)C(N)=O)CC1. The van der Waals surface area contributed by atoms with E-state index in [-0.39, 0.29) is 12.3 Å². The van der Waals surface area contributed by atoms with Crippen LogP contribution >= 0.6 is 0 Å². The van der Waals surface area contributed by atoms with Crippen LogP contribution in [-0.4, -0.2) is 54.8 Å². The van der Waals surface area contributed by atoms with Gasteiger partial charge in [-0.05, 0) is 7.05 Å². The molecule has 1 heterocycles. The minimum atomic E-state index is -0.750. The van der Waals surface area contributed by atoms with Crippen molar-refractivity contribution in [1.29, 1.82) is 0 Å². The molecule has 0 aliphatic carbocycles. The maximum Gasteiger partial charge on any atom is 0.223 e. The number of nitrogens with two attached hydrogens (primary N) is 1. The fraction of sp³-hybridized carbons (Fsp3) is 0.818. The summed E-state index contributed by atoms with van der Waals surface area (Å²) in [5, 5.41) is 0. The third kappa shape index (κ3) is 3.20. The van der Waals surface area contributed by atoms with Gasteiger partial charge in [0.2, 0.25) is 11.8 Å². The van der Waals surface area contributed by atoms with E-state index in [1.54, 1.807) is 13.8 Å². The summed E-state index contributed by atoms with van der Waals surface area (Å²) in [5.74, 6) is -0.396. The highest BCUT2D eigenvalue weighted by Gasteiger charge is 2.31. The third-order valence-electron chi connectivity index (χ3n) is 3.12. The molecule has 5 heteroatoms. The van der Waals surface area contributed by atoms with Gasteiger partial charge in [-0.15, -0.1) is 0 Å². The smallest absolute Gasteiger partial charge is 0.223 e. The molecular formula is C11H21N3O2. The number of hydrogen-bond acceptors (Lipinski definition) is 3. The Bertz CT molecular complexity index is 281. The van der Waals surface area contributed by atoms with Crippen LogP contribution in [0, 0.1) is 5.41 Å². The van der Waals surface area contributed by atoms with Crippen molar-refractivity contribution in [1.82, 2.24) is 9.80 Å². The molecule has 1 fully saturated rings. The predicted molar refractivity (Wildman–Crippen MR) is 61.7 cm³/mol. The van der Waals surface area contributed by atoms with Crippen molar-refractivity contribution in [3.8, 4) is 0 Å². The number of rotatable bonds is 3. The quantitative estimate of drug-likeness (QED) is 0.717. The van der Waals surface area contributed by atoms with E-state index < -0.39 is 11.3 Å². The highest BCUT2D eigenvalue weighted by molar-refractivity contribution is 5.87. The summed E-state index contributed by atoms with van der Waals surface area (Å²) in [4.78, 5) is 27.1. The van der Waals surface area contributed by atoms with Crippen LogP contribution in [0.1, 0.15) is 20.3 Å². The summed E-state index contributed by atoms with van der Waals surface area (Å²) < 4.78 is 0. The summed E-state index contributed by atoms with van der Waals surface area (Å²) in [7, 11) is 2.04. The van der Waals surface area contributed by atoms with Gasteiger partial charge in [0.05, 0.1) is 5.41 Å². The monoisotopic (exact) mass is 227 g/mol. The van der Waals surface area contributed by atoms with Crippen LogP contribution in [0.25, 0.3) is 0 Å². The summed E-state index contributed by atoms with van der Waals surface area (Å²) in [6.45, 7) is 6.69. The first-order valence-corrected chi connectivity index (χ1v) is 5.59. The molecule has 92 valence electrons. The molecule has 1 aliphatic heterocycles. The number of amides is 2. The number of hydrogen-bond donors (Lipinski definition) is 1. The zero-order valence-electron chi connectivity index (χ0n) is 10.3. The zero-order valence-corrected chi connectivity index (χ0v) is 10.3. The number of nitrogens with zero attached hydrogens (tertiary/aromatic N) is 2. The first-order valence-electron chi connectivity index (χ1n) is 5.59. The minimum Gasteiger partial charge on any atom is -0.369 e. The fourth-order valence-electron chi connectivity index (χ4n) is 1.63. The molecule has 0 radical (unpaired) electrons. The Morgan fingerprint density at radius 2 is 1.69 bits per heavy atom. The van der Waals surface area contributed by atoms with Crippen molar-refractivity contribution in [2.24, 2.45) is 11.1 Å². The molecule has 0 bridgehead atoms. The lowest BCUT2D eigenvalue weighted by molar-refractivity contribution is -0.139. The first kappa shape index (κ1) is 13.0. The van der Waals surface area contributed by atoms with Gasteiger partial charge in [-0.3, -0.25) is 9.59 Å².